The Kier molecular flexibility index (Phi) is 3.72. The van der Waals surface area contributed by atoms with Gasteiger partial charge in [-0.1, -0.05) is 12.1 Å². The number of nitrogens with one attached hydrogen (secondary N) is 1. The number of aryl methyl sites for hydroxylation is 1. The highest BCUT2D eigenvalue weighted by Crippen LogP contribution is 2.23. The van der Waals surface area contributed by atoms with Crippen molar-refractivity contribution < 1.29 is 9.72 Å². The number of anilines is 1. The van der Waals surface area contributed by atoms with Gasteiger partial charge >= 0.3 is 0 Å². The normalized spacial score (nSPS) is 10.5. The lowest BCUT2D eigenvalue weighted by atomic mass is 10.1. The topological polar surface area (TPSA) is 85.1 Å². The number of pyridine rings is 1. The van der Waals surface area contributed by atoms with Crippen molar-refractivity contribution in [2.75, 3.05) is 5.32 Å². The summed E-state index contributed by atoms with van der Waals surface area (Å²) in [5.41, 5.74) is 2.39. The van der Waals surface area contributed by atoms with E-state index in [1.54, 1.807) is 43.5 Å². The first-order valence-electron chi connectivity index (χ1n) is 6.96. The van der Waals surface area contributed by atoms with Gasteiger partial charge in [0.15, 0.2) is 0 Å². The molecule has 6 nitrogen and oxygen atoms in total. The number of aromatic nitrogens is 1. The van der Waals surface area contributed by atoms with Crippen LogP contribution < -0.4 is 5.32 Å². The van der Waals surface area contributed by atoms with Crippen LogP contribution in [0.15, 0.2) is 54.7 Å². The van der Waals surface area contributed by atoms with E-state index in [9.17, 15) is 14.9 Å². The monoisotopic (exact) mass is 307 g/mol. The predicted molar refractivity (Wildman–Crippen MR) is 87.5 cm³/mol. The van der Waals surface area contributed by atoms with E-state index < -0.39 is 4.92 Å². The maximum Gasteiger partial charge on any atom is 0.271 e. The number of hydrogen-bond acceptors (Lipinski definition) is 4. The maximum atomic E-state index is 12.4. The average Bonchev–Trinajstić information content (AvgIpc) is 2.56. The molecule has 0 atom stereocenters. The molecule has 1 N–H and O–H groups in total. The summed E-state index contributed by atoms with van der Waals surface area (Å²) in [4.78, 5) is 27.0. The third-order valence-electron chi connectivity index (χ3n) is 3.55. The van der Waals surface area contributed by atoms with Gasteiger partial charge in [-0.15, -0.1) is 0 Å². The molecule has 23 heavy (non-hydrogen) atoms. The molecule has 0 spiro atoms. The van der Waals surface area contributed by atoms with Crippen molar-refractivity contribution in [3.8, 4) is 0 Å². The number of benzene rings is 2. The van der Waals surface area contributed by atoms with Crippen LogP contribution in [0.4, 0.5) is 11.4 Å². The highest BCUT2D eigenvalue weighted by Gasteiger charge is 2.12. The fourth-order valence-corrected chi connectivity index (χ4v) is 2.27. The van der Waals surface area contributed by atoms with E-state index >= 15 is 0 Å². The summed E-state index contributed by atoms with van der Waals surface area (Å²) in [5.74, 6) is -0.320. The fourth-order valence-electron chi connectivity index (χ4n) is 2.27. The van der Waals surface area contributed by atoms with Gasteiger partial charge in [-0.3, -0.25) is 19.9 Å². The molecular weight excluding hydrogens is 294 g/mol. The molecule has 0 bridgehead atoms. The van der Waals surface area contributed by atoms with Gasteiger partial charge in [0.2, 0.25) is 0 Å². The van der Waals surface area contributed by atoms with Crippen molar-refractivity contribution in [3.05, 3.63) is 76.0 Å². The number of hydrogen-bond donors (Lipinski definition) is 1. The molecular formula is C17H13N3O3. The number of nitro groups is 1. The minimum atomic E-state index is -0.489. The smallest absolute Gasteiger partial charge is 0.271 e. The number of carbonyl (C=O) groups excluding carboxylic acids is 1. The molecule has 0 aliphatic carbocycles. The highest BCUT2D eigenvalue weighted by atomic mass is 16.6. The van der Waals surface area contributed by atoms with Gasteiger partial charge in [0.25, 0.3) is 11.6 Å². The van der Waals surface area contributed by atoms with Gasteiger partial charge in [-0.25, -0.2) is 0 Å². The number of nitrogens with zero attached hydrogens (tertiary/aromatic N) is 2. The van der Waals surface area contributed by atoms with Gasteiger partial charge in [-0.2, -0.15) is 0 Å². The number of non-ortho nitro benzene ring substituents is 1. The predicted octanol–water partition coefficient (Wildman–Crippen LogP) is 3.70. The largest absolute Gasteiger partial charge is 0.321 e. The third kappa shape index (κ3) is 3.01. The second-order valence-corrected chi connectivity index (χ2v) is 5.12. The first-order valence-corrected chi connectivity index (χ1v) is 6.96. The molecule has 0 saturated heterocycles. The number of rotatable bonds is 3. The van der Waals surface area contributed by atoms with Crippen molar-refractivity contribution in [1.29, 1.82) is 0 Å². The van der Waals surface area contributed by atoms with Gasteiger partial charge in [0, 0.05) is 29.3 Å². The maximum absolute atomic E-state index is 12.4. The SMILES string of the molecule is Cc1ccc([N+](=O)[O-])cc1NC(=O)c1ccc2ncccc2c1. The lowest BCUT2D eigenvalue weighted by molar-refractivity contribution is -0.384. The first-order chi connectivity index (χ1) is 11.0. The summed E-state index contributed by atoms with van der Waals surface area (Å²) in [6.07, 6.45) is 1.69. The van der Waals surface area contributed by atoms with Crippen molar-refractivity contribution >= 4 is 28.2 Å². The standard InChI is InChI=1S/C17H13N3O3/c1-11-4-6-14(20(22)23)10-16(11)19-17(21)13-5-7-15-12(9-13)3-2-8-18-15/h2-10H,1H3,(H,19,21). The number of fused-ring (bicyclic) bond motifs is 1. The van der Waals surface area contributed by atoms with Gasteiger partial charge < -0.3 is 5.32 Å². The molecule has 1 heterocycles. The van der Waals surface area contributed by atoms with Crippen molar-refractivity contribution in [1.82, 2.24) is 4.98 Å². The summed E-state index contributed by atoms with van der Waals surface area (Å²) in [6, 6.07) is 13.2. The van der Waals surface area contributed by atoms with Crippen LogP contribution >= 0.6 is 0 Å². The number of amides is 1. The third-order valence-corrected chi connectivity index (χ3v) is 3.55. The lowest BCUT2D eigenvalue weighted by Gasteiger charge is -2.09. The minimum Gasteiger partial charge on any atom is -0.321 e. The van der Waals surface area contributed by atoms with E-state index in [4.69, 9.17) is 0 Å². The van der Waals surface area contributed by atoms with Crippen LogP contribution in [0.5, 0.6) is 0 Å². The Bertz CT molecular complexity index is 922. The van der Waals surface area contributed by atoms with Gasteiger partial charge in [0.1, 0.15) is 0 Å². The molecule has 3 aromatic rings. The van der Waals surface area contributed by atoms with Crippen LogP contribution in [0.3, 0.4) is 0 Å². The van der Waals surface area contributed by atoms with E-state index in [0.717, 1.165) is 16.5 Å². The molecule has 0 saturated carbocycles. The molecule has 3 rings (SSSR count). The molecule has 0 radical (unpaired) electrons. The molecule has 1 amide bonds. The molecule has 0 unspecified atom stereocenters. The highest BCUT2D eigenvalue weighted by molar-refractivity contribution is 6.06. The Morgan fingerprint density at radius 1 is 1.17 bits per heavy atom. The first kappa shape index (κ1) is 14.6. The van der Waals surface area contributed by atoms with E-state index in [-0.39, 0.29) is 11.6 Å². The summed E-state index contributed by atoms with van der Waals surface area (Å²) in [6.45, 7) is 1.78. The Hall–Kier alpha value is -3.28. The molecule has 0 aliphatic heterocycles. The Morgan fingerprint density at radius 3 is 2.78 bits per heavy atom. The van der Waals surface area contributed by atoms with Crippen molar-refractivity contribution in [2.24, 2.45) is 0 Å². The zero-order chi connectivity index (χ0) is 16.4. The Morgan fingerprint density at radius 2 is 2.00 bits per heavy atom. The van der Waals surface area contributed by atoms with Crippen molar-refractivity contribution in [2.45, 2.75) is 6.92 Å². The quantitative estimate of drug-likeness (QED) is 0.590. The summed E-state index contributed by atoms with van der Waals surface area (Å²) in [5, 5.41) is 14.4. The molecule has 1 aromatic heterocycles. The summed E-state index contributed by atoms with van der Waals surface area (Å²) < 4.78 is 0. The van der Waals surface area contributed by atoms with Crippen LogP contribution in [0.2, 0.25) is 0 Å². The van der Waals surface area contributed by atoms with E-state index in [1.165, 1.54) is 12.1 Å². The minimum absolute atomic E-state index is 0.0615. The van der Waals surface area contributed by atoms with Crippen LogP contribution in [0, 0.1) is 17.0 Å². The Labute approximate surface area is 131 Å². The zero-order valence-electron chi connectivity index (χ0n) is 12.3. The molecule has 0 aliphatic rings. The lowest BCUT2D eigenvalue weighted by Crippen LogP contribution is -2.13. The molecule has 114 valence electrons. The van der Waals surface area contributed by atoms with Crippen molar-refractivity contribution in [3.63, 3.8) is 0 Å². The van der Waals surface area contributed by atoms with Gasteiger partial charge in [-0.05, 0) is 36.8 Å². The second kappa shape index (κ2) is 5.84. The molecule has 2 aromatic carbocycles. The fraction of sp³-hybridized carbons (Fsp3) is 0.0588. The van der Waals surface area contributed by atoms with E-state index in [0.29, 0.717) is 11.3 Å². The molecule has 6 heteroatoms. The Balaban J connectivity index is 1.91. The van der Waals surface area contributed by atoms with Crippen LogP contribution in [-0.4, -0.2) is 15.8 Å². The summed E-state index contributed by atoms with van der Waals surface area (Å²) in [7, 11) is 0. The van der Waals surface area contributed by atoms with Crippen LogP contribution in [-0.2, 0) is 0 Å². The van der Waals surface area contributed by atoms with E-state index in [1.807, 2.05) is 6.07 Å². The van der Waals surface area contributed by atoms with Gasteiger partial charge in [0.05, 0.1) is 16.1 Å². The molecule has 0 fully saturated rings. The number of nitro benzene ring substituents is 1. The number of carbonyl (C=O) groups is 1. The summed E-state index contributed by atoms with van der Waals surface area (Å²) >= 11 is 0. The zero-order valence-corrected chi connectivity index (χ0v) is 12.3. The van der Waals surface area contributed by atoms with Crippen LogP contribution in [0.25, 0.3) is 10.9 Å². The van der Waals surface area contributed by atoms with E-state index in [2.05, 4.69) is 10.3 Å². The average molecular weight is 307 g/mol. The second-order valence-electron chi connectivity index (χ2n) is 5.12. The van der Waals surface area contributed by atoms with Crippen LogP contribution in [0.1, 0.15) is 15.9 Å².